The molecule has 0 amide bonds. The fraction of sp³-hybridized carbons (Fsp3) is 0.778. The van der Waals surface area contributed by atoms with E-state index in [1.807, 2.05) is 26.9 Å². The highest BCUT2D eigenvalue weighted by Crippen LogP contribution is 2.53. The van der Waals surface area contributed by atoms with E-state index >= 15 is 0 Å². The van der Waals surface area contributed by atoms with Gasteiger partial charge in [-0.1, -0.05) is 13.8 Å². The predicted octanol–water partition coefficient (Wildman–Crippen LogP) is 2.43. The van der Waals surface area contributed by atoms with Gasteiger partial charge in [0.25, 0.3) is 5.56 Å². The van der Waals surface area contributed by atoms with Crippen LogP contribution in [0.25, 0.3) is 0 Å². The van der Waals surface area contributed by atoms with Crippen molar-refractivity contribution in [2.24, 2.45) is 0 Å². The molecule has 2 aliphatic rings. The predicted molar refractivity (Wildman–Crippen MR) is 109 cm³/mol. The minimum atomic E-state index is -2.29. The summed E-state index contributed by atoms with van der Waals surface area (Å²) in [6.45, 7) is 11.9. The van der Waals surface area contributed by atoms with E-state index < -0.39 is 25.4 Å². The largest absolute Gasteiger partial charge is 0.432 e. The molecule has 2 fully saturated rings. The maximum Gasteiger partial charge on any atom is 0.329 e. The highest BCUT2D eigenvalue weighted by atomic mass is 32.2. The maximum atomic E-state index is 12.3. The molecule has 4 atom stereocenters. The van der Waals surface area contributed by atoms with Crippen molar-refractivity contribution in [1.82, 2.24) is 9.55 Å². The van der Waals surface area contributed by atoms with Crippen LogP contribution in [-0.4, -0.2) is 45.9 Å². The summed E-state index contributed by atoms with van der Waals surface area (Å²) < 4.78 is 13.8. The van der Waals surface area contributed by atoms with Crippen LogP contribution in [0.15, 0.2) is 21.9 Å². The lowest BCUT2D eigenvalue weighted by atomic mass is 10.0. The molecule has 0 aliphatic carbocycles. The molecule has 3 heterocycles. The monoisotopic (exact) mass is 414 g/mol. The molecule has 0 aromatic carbocycles. The van der Waals surface area contributed by atoms with Crippen LogP contribution in [0.4, 0.5) is 0 Å². The Morgan fingerprint density at radius 2 is 1.93 bits per heavy atom. The zero-order valence-corrected chi connectivity index (χ0v) is 18.6. The summed E-state index contributed by atoms with van der Waals surface area (Å²) >= 11 is 1.65. The zero-order chi connectivity index (χ0) is 20.2. The molecular weight excluding hydrogens is 384 g/mol. The van der Waals surface area contributed by atoms with Gasteiger partial charge < -0.3 is 14.3 Å². The molecule has 9 heteroatoms. The normalized spacial score (nSPS) is 30.5. The van der Waals surface area contributed by atoms with Crippen LogP contribution in [0.3, 0.4) is 0 Å². The van der Waals surface area contributed by atoms with Crippen LogP contribution in [-0.2, 0) is 9.47 Å². The molecule has 0 radical (unpaired) electrons. The maximum absolute atomic E-state index is 12.3. The van der Waals surface area contributed by atoms with E-state index in [1.54, 1.807) is 11.8 Å². The zero-order valence-electron chi connectivity index (χ0n) is 16.8. The molecule has 1 aromatic rings. The van der Waals surface area contributed by atoms with Crippen molar-refractivity contribution < 1.29 is 14.3 Å². The Kier molecular flexibility index (Phi) is 5.31. The first-order valence-corrected chi connectivity index (χ1v) is 13.2. The quantitative estimate of drug-likeness (QED) is 0.719. The van der Waals surface area contributed by atoms with E-state index in [9.17, 15) is 14.4 Å². The number of hydrogen-bond donors (Lipinski definition) is 2. The Balaban J connectivity index is 1.84. The number of aromatic nitrogens is 2. The SMILES string of the molecule is CC1(C)O[C@@H]2[C@H](O1)[C@@H](CCC(C)(C)[Si](C)(C)O)S[C@H]2n1ccc(=O)[nH]c1=O. The first-order chi connectivity index (χ1) is 12.3. The third-order valence-corrected chi connectivity index (χ3v) is 11.2. The van der Waals surface area contributed by atoms with Crippen LogP contribution in [0.2, 0.25) is 18.1 Å². The molecule has 1 aromatic heterocycles. The van der Waals surface area contributed by atoms with Crippen molar-refractivity contribution in [2.75, 3.05) is 0 Å². The van der Waals surface area contributed by atoms with Crippen LogP contribution in [0.5, 0.6) is 0 Å². The number of hydrogen-bond acceptors (Lipinski definition) is 6. The summed E-state index contributed by atoms with van der Waals surface area (Å²) in [6, 6.07) is 1.36. The summed E-state index contributed by atoms with van der Waals surface area (Å²) in [5.74, 6) is -0.709. The molecule has 27 heavy (non-hydrogen) atoms. The molecule has 3 rings (SSSR count). The van der Waals surface area contributed by atoms with Gasteiger partial charge in [-0.3, -0.25) is 14.3 Å². The standard InChI is InChI=1S/C18H30N2O5SSi/c1-17(2,27(5,6)23)9-7-11-13-14(25-18(3,4)24-13)15(26-11)20-10-8-12(21)19-16(20)22/h8,10-11,13-15,23H,7,9H2,1-6H3,(H,19,21,22)/t11-,13-,14-,15-/m1/s1. The van der Waals surface area contributed by atoms with Crippen molar-refractivity contribution in [3.63, 3.8) is 0 Å². The summed E-state index contributed by atoms with van der Waals surface area (Å²) in [7, 11) is -2.29. The van der Waals surface area contributed by atoms with Crippen molar-refractivity contribution in [1.29, 1.82) is 0 Å². The van der Waals surface area contributed by atoms with Gasteiger partial charge in [-0.2, -0.15) is 0 Å². The van der Waals surface area contributed by atoms with Gasteiger partial charge in [0.1, 0.15) is 17.6 Å². The van der Waals surface area contributed by atoms with E-state index in [4.69, 9.17) is 9.47 Å². The summed E-state index contributed by atoms with van der Waals surface area (Å²) in [6.07, 6.45) is 2.87. The number of rotatable bonds is 5. The van der Waals surface area contributed by atoms with Crippen LogP contribution < -0.4 is 11.2 Å². The van der Waals surface area contributed by atoms with Crippen molar-refractivity contribution in [3.05, 3.63) is 33.1 Å². The Morgan fingerprint density at radius 3 is 2.52 bits per heavy atom. The highest BCUT2D eigenvalue weighted by molar-refractivity contribution is 8.00. The summed E-state index contributed by atoms with van der Waals surface area (Å²) in [5, 5.41) is -0.227. The highest BCUT2D eigenvalue weighted by Gasteiger charge is 2.55. The minimum Gasteiger partial charge on any atom is -0.432 e. The van der Waals surface area contributed by atoms with E-state index in [0.717, 1.165) is 12.8 Å². The Morgan fingerprint density at radius 1 is 1.30 bits per heavy atom. The number of ether oxygens (including phenoxy) is 2. The van der Waals surface area contributed by atoms with Gasteiger partial charge in [0, 0.05) is 17.5 Å². The molecule has 0 saturated carbocycles. The van der Waals surface area contributed by atoms with Gasteiger partial charge in [0.05, 0.1) is 0 Å². The number of aromatic amines is 1. The molecule has 2 aliphatic heterocycles. The molecular formula is C18H30N2O5SSi. The van der Waals surface area contributed by atoms with E-state index in [-0.39, 0.29) is 27.9 Å². The van der Waals surface area contributed by atoms with Gasteiger partial charge in [-0.25, -0.2) is 4.79 Å². The number of thioether (sulfide) groups is 1. The van der Waals surface area contributed by atoms with Gasteiger partial charge in [0.2, 0.25) is 0 Å². The third-order valence-electron chi connectivity index (χ3n) is 5.96. The minimum absolute atomic E-state index is 0.120. The topological polar surface area (TPSA) is 93.5 Å². The molecule has 0 unspecified atom stereocenters. The van der Waals surface area contributed by atoms with Crippen LogP contribution >= 0.6 is 11.8 Å². The molecule has 7 nitrogen and oxygen atoms in total. The van der Waals surface area contributed by atoms with Gasteiger partial charge in [-0.05, 0) is 44.8 Å². The van der Waals surface area contributed by atoms with E-state index in [2.05, 4.69) is 18.8 Å². The Hall–Kier alpha value is -0.873. The lowest BCUT2D eigenvalue weighted by molar-refractivity contribution is -0.149. The molecule has 0 bridgehead atoms. The van der Waals surface area contributed by atoms with E-state index in [1.165, 1.54) is 16.8 Å². The average Bonchev–Trinajstić information content (AvgIpc) is 2.98. The van der Waals surface area contributed by atoms with E-state index in [0.29, 0.717) is 0 Å². The van der Waals surface area contributed by atoms with Crippen molar-refractivity contribution in [2.45, 2.75) is 87.3 Å². The lowest BCUT2D eigenvalue weighted by Gasteiger charge is -2.36. The van der Waals surface area contributed by atoms with Crippen LogP contribution in [0, 0.1) is 0 Å². The molecule has 0 spiro atoms. The fourth-order valence-corrected chi connectivity index (χ4v) is 5.95. The van der Waals surface area contributed by atoms with Crippen molar-refractivity contribution >= 4 is 20.1 Å². The number of fused-ring (bicyclic) bond motifs is 1. The molecule has 2 saturated heterocycles. The molecule has 2 N–H and O–H groups in total. The summed E-state index contributed by atoms with van der Waals surface area (Å²) in [4.78, 5) is 36.6. The smallest absolute Gasteiger partial charge is 0.329 e. The summed E-state index contributed by atoms with van der Waals surface area (Å²) in [5.41, 5.74) is -0.843. The van der Waals surface area contributed by atoms with Gasteiger partial charge in [0.15, 0.2) is 14.1 Å². The number of nitrogens with zero attached hydrogens (tertiary/aromatic N) is 1. The molecule has 152 valence electrons. The lowest BCUT2D eigenvalue weighted by Crippen LogP contribution is -2.40. The number of nitrogens with one attached hydrogen (secondary N) is 1. The van der Waals surface area contributed by atoms with Crippen LogP contribution in [0.1, 0.15) is 45.9 Å². The first kappa shape index (κ1) is 20.9. The van der Waals surface area contributed by atoms with Crippen molar-refractivity contribution in [3.8, 4) is 0 Å². The second kappa shape index (κ2) is 6.87. The second-order valence-corrected chi connectivity index (χ2v) is 15.0. The average molecular weight is 415 g/mol. The fourth-order valence-electron chi connectivity index (χ4n) is 3.55. The number of H-pyrrole nitrogens is 1. The van der Waals surface area contributed by atoms with Gasteiger partial charge >= 0.3 is 5.69 Å². The Labute approximate surface area is 164 Å². The second-order valence-electron chi connectivity index (χ2n) is 9.13. The third kappa shape index (κ3) is 4.12. The van der Waals surface area contributed by atoms with Gasteiger partial charge in [-0.15, -0.1) is 11.8 Å². The first-order valence-electron chi connectivity index (χ1n) is 9.36. The Bertz CT molecular complexity index is 813.